The monoisotopic (exact) mass is 768 g/mol. The fourth-order valence-corrected chi connectivity index (χ4v) is 9.47. The molecule has 6 rings (SSSR count). The fourth-order valence-electron chi connectivity index (χ4n) is 7.93. The van der Waals surface area contributed by atoms with E-state index in [9.17, 15) is 28.0 Å². The molecular weight excluding hydrogens is 717 g/mol. The first-order valence-corrected chi connectivity index (χ1v) is 20.8. The number of urea groups is 1. The van der Waals surface area contributed by atoms with Crippen LogP contribution in [0.5, 0.6) is 0 Å². The molecule has 2 fully saturated rings. The van der Waals surface area contributed by atoms with E-state index in [1.165, 1.54) is 16.4 Å². The number of aliphatic hydroxyl groups is 1. The molecule has 3 amide bonds. The van der Waals surface area contributed by atoms with Gasteiger partial charge in [0.15, 0.2) is 0 Å². The predicted octanol–water partition coefficient (Wildman–Crippen LogP) is 6.12. The minimum atomic E-state index is -4.06. The molecule has 13 heteroatoms. The highest BCUT2D eigenvalue weighted by atomic mass is 32.2. The highest BCUT2D eigenvalue weighted by molar-refractivity contribution is 7.89. The highest BCUT2D eigenvalue weighted by Gasteiger charge is 2.41. The van der Waals surface area contributed by atoms with Crippen molar-refractivity contribution in [2.45, 2.75) is 88.5 Å². The Kier molecular flexibility index (Phi) is 13.3. The Hall–Kier alpha value is -4.72. The number of aromatic nitrogens is 1. The first-order chi connectivity index (χ1) is 26.6. The smallest absolute Gasteiger partial charge is 0.321 e. The lowest BCUT2D eigenvalue weighted by Crippen LogP contribution is -2.57. The maximum Gasteiger partial charge on any atom is 0.321 e. The van der Waals surface area contributed by atoms with E-state index in [-0.39, 0.29) is 54.7 Å². The van der Waals surface area contributed by atoms with Gasteiger partial charge in [0.2, 0.25) is 15.9 Å². The molecule has 3 aromatic carbocycles. The van der Waals surface area contributed by atoms with Crippen LogP contribution in [0.4, 0.5) is 4.79 Å². The summed E-state index contributed by atoms with van der Waals surface area (Å²) in [6.45, 7) is 5.07. The average molecular weight is 769 g/mol. The summed E-state index contributed by atoms with van der Waals surface area (Å²) in [5.74, 6) is -0.438. The van der Waals surface area contributed by atoms with E-state index in [0.717, 1.165) is 47.7 Å². The minimum absolute atomic E-state index is 0.0599. The molecule has 2 aliphatic rings. The van der Waals surface area contributed by atoms with Crippen LogP contribution in [-0.2, 0) is 34.3 Å². The number of nitroso groups, excluding NO2 is 1. The SMILES string of the molecule is CC[C@H](C)[C@@H](C(=O)N[C@@H](Cc1ccccc1)[C@H](O)CN(CC1CCCC1)S(=O)(=O)c1ccc(CN=O)cc1)N1CCN(Cc2ccnc3ccccc23)C1=O. The summed E-state index contributed by atoms with van der Waals surface area (Å²) in [4.78, 5) is 47.2. The fraction of sp³-hybridized carbons (Fsp3) is 0.452. The second-order valence-electron chi connectivity index (χ2n) is 15.0. The third kappa shape index (κ3) is 9.57. The number of para-hydroxylation sites is 1. The van der Waals surface area contributed by atoms with Gasteiger partial charge in [-0.1, -0.05) is 99.0 Å². The van der Waals surface area contributed by atoms with Crippen LogP contribution in [0.1, 0.15) is 62.6 Å². The molecule has 1 saturated carbocycles. The molecule has 4 aromatic rings. The molecule has 0 bridgehead atoms. The van der Waals surface area contributed by atoms with Crippen molar-refractivity contribution in [2.24, 2.45) is 17.0 Å². The second-order valence-corrected chi connectivity index (χ2v) is 16.9. The largest absolute Gasteiger partial charge is 0.390 e. The van der Waals surface area contributed by atoms with E-state index >= 15 is 0 Å². The molecule has 2 N–H and O–H groups in total. The number of fused-ring (bicyclic) bond motifs is 1. The molecule has 12 nitrogen and oxygen atoms in total. The molecule has 1 aliphatic heterocycles. The number of amides is 3. The van der Waals surface area contributed by atoms with E-state index in [2.05, 4.69) is 15.5 Å². The molecule has 292 valence electrons. The number of aliphatic hydroxyl groups excluding tert-OH is 1. The summed E-state index contributed by atoms with van der Waals surface area (Å²) < 4.78 is 29.7. The zero-order chi connectivity index (χ0) is 39.0. The third-order valence-electron chi connectivity index (χ3n) is 11.2. The van der Waals surface area contributed by atoms with Gasteiger partial charge in [-0.15, -0.1) is 0 Å². The van der Waals surface area contributed by atoms with Gasteiger partial charge in [0, 0.05) is 44.3 Å². The number of carbonyl (C=O) groups excluding carboxylic acids is 2. The molecule has 1 aromatic heterocycles. The van der Waals surface area contributed by atoms with Gasteiger partial charge in [0.1, 0.15) is 12.6 Å². The van der Waals surface area contributed by atoms with Crippen LogP contribution in [0, 0.1) is 16.7 Å². The molecule has 4 atom stereocenters. The molecule has 0 radical (unpaired) electrons. The van der Waals surface area contributed by atoms with Gasteiger partial charge in [0.05, 0.1) is 22.6 Å². The van der Waals surface area contributed by atoms with Crippen LogP contribution in [-0.4, -0.2) is 88.9 Å². The average Bonchev–Trinajstić information content (AvgIpc) is 3.84. The number of carbonyl (C=O) groups is 2. The summed E-state index contributed by atoms with van der Waals surface area (Å²) in [6, 6.07) is 23.4. The zero-order valence-corrected chi connectivity index (χ0v) is 32.5. The van der Waals surface area contributed by atoms with Gasteiger partial charge in [-0.3, -0.25) is 9.78 Å². The molecule has 1 saturated heterocycles. The molecule has 2 heterocycles. The normalized spacial score (nSPS) is 17.4. The lowest BCUT2D eigenvalue weighted by atomic mass is 9.95. The van der Waals surface area contributed by atoms with E-state index < -0.39 is 28.2 Å². The molecule has 55 heavy (non-hydrogen) atoms. The van der Waals surface area contributed by atoms with E-state index in [4.69, 9.17) is 0 Å². The zero-order valence-electron chi connectivity index (χ0n) is 31.7. The van der Waals surface area contributed by atoms with Crippen molar-refractivity contribution >= 4 is 32.9 Å². The molecule has 1 aliphatic carbocycles. The first-order valence-electron chi connectivity index (χ1n) is 19.4. The van der Waals surface area contributed by atoms with Gasteiger partial charge in [-0.2, -0.15) is 9.21 Å². The second kappa shape index (κ2) is 18.3. The van der Waals surface area contributed by atoms with Crippen molar-refractivity contribution in [1.82, 2.24) is 24.4 Å². The Labute approximate surface area is 324 Å². The van der Waals surface area contributed by atoms with Crippen molar-refractivity contribution < 1.29 is 23.1 Å². The number of hydrogen-bond acceptors (Lipinski definition) is 8. The van der Waals surface area contributed by atoms with Crippen LogP contribution in [0.15, 0.2) is 101 Å². The number of rotatable bonds is 18. The topological polar surface area (TPSA) is 153 Å². The predicted molar refractivity (Wildman–Crippen MR) is 212 cm³/mol. The lowest BCUT2D eigenvalue weighted by molar-refractivity contribution is -0.128. The van der Waals surface area contributed by atoms with Crippen LogP contribution < -0.4 is 5.32 Å². The summed E-state index contributed by atoms with van der Waals surface area (Å²) in [5.41, 5.74) is 3.29. The van der Waals surface area contributed by atoms with Gasteiger partial charge in [-0.25, -0.2) is 13.2 Å². The van der Waals surface area contributed by atoms with E-state index in [1.54, 1.807) is 28.1 Å². The molecular formula is C42H52N6O6S. The number of sulfonamides is 1. The summed E-state index contributed by atoms with van der Waals surface area (Å²) in [5, 5.41) is 19.0. The Morgan fingerprint density at radius 3 is 2.40 bits per heavy atom. The van der Waals surface area contributed by atoms with Gasteiger partial charge in [0.25, 0.3) is 0 Å². The van der Waals surface area contributed by atoms with Crippen LogP contribution >= 0.6 is 0 Å². The van der Waals surface area contributed by atoms with Crippen molar-refractivity contribution in [3.8, 4) is 0 Å². The third-order valence-corrected chi connectivity index (χ3v) is 13.1. The summed E-state index contributed by atoms with van der Waals surface area (Å²) >= 11 is 0. The number of nitrogens with one attached hydrogen (secondary N) is 1. The Morgan fingerprint density at radius 2 is 1.69 bits per heavy atom. The Balaban J connectivity index is 1.24. The van der Waals surface area contributed by atoms with Crippen molar-refractivity contribution in [3.05, 3.63) is 113 Å². The number of pyridine rings is 1. The number of benzene rings is 3. The van der Waals surface area contributed by atoms with Crippen molar-refractivity contribution in [1.29, 1.82) is 0 Å². The van der Waals surface area contributed by atoms with E-state index in [0.29, 0.717) is 31.6 Å². The van der Waals surface area contributed by atoms with Crippen LogP contribution in [0.3, 0.4) is 0 Å². The van der Waals surface area contributed by atoms with Gasteiger partial charge in [-0.05, 0) is 72.1 Å². The minimum Gasteiger partial charge on any atom is -0.390 e. The van der Waals surface area contributed by atoms with Gasteiger partial charge >= 0.3 is 6.03 Å². The quantitative estimate of drug-likeness (QED) is 0.116. The number of hydrogen-bond donors (Lipinski definition) is 2. The molecule has 0 spiro atoms. The summed E-state index contributed by atoms with van der Waals surface area (Å²) in [6.07, 6.45) is 5.18. The van der Waals surface area contributed by atoms with Crippen LogP contribution in [0.25, 0.3) is 10.9 Å². The molecule has 0 unspecified atom stereocenters. The summed E-state index contributed by atoms with van der Waals surface area (Å²) in [7, 11) is -4.06. The standard InChI is InChI=1S/C42H52N6O6S/c1-3-30(2)40(48-24-23-46(42(48)51)28-34-21-22-43-37-16-10-9-15-36(34)37)41(50)45-38(25-31-11-5-4-6-12-31)39(49)29-47(27-33-13-7-8-14-33)55(53,54)35-19-17-32(18-20-35)26-44-52/h4-6,9-12,15-22,30,33,38-40,49H,3,7-8,13-14,23-29H2,1-2H3,(H,45,50)/t30-,38-,39+,40-/m0/s1. The Bertz CT molecular complexity index is 2020. The first kappa shape index (κ1) is 40.0. The highest BCUT2D eigenvalue weighted by Crippen LogP contribution is 2.29. The van der Waals surface area contributed by atoms with Crippen molar-refractivity contribution in [3.63, 3.8) is 0 Å². The maximum absolute atomic E-state index is 14.5. The number of nitrogens with zero attached hydrogens (tertiary/aromatic N) is 5. The van der Waals surface area contributed by atoms with Crippen LogP contribution in [0.2, 0.25) is 0 Å². The Morgan fingerprint density at radius 1 is 0.982 bits per heavy atom. The maximum atomic E-state index is 14.5. The van der Waals surface area contributed by atoms with Crippen molar-refractivity contribution in [2.75, 3.05) is 26.2 Å². The lowest BCUT2D eigenvalue weighted by Gasteiger charge is -2.35. The van der Waals surface area contributed by atoms with E-state index in [1.807, 2.05) is 74.5 Å². The van der Waals surface area contributed by atoms with Gasteiger partial charge < -0.3 is 20.2 Å².